The van der Waals surface area contributed by atoms with Crippen LogP contribution in [0.25, 0.3) is 22.2 Å². The summed E-state index contributed by atoms with van der Waals surface area (Å²) in [6.45, 7) is 0. The fraction of sp³-hybridized carbons (Fsp3) is 0.143. The second-order valence-electron chi connectivity index (χ2n) is 7.32. The lowest BCUT2D eigenvalue weighted by atomic mass is 10.2. The van der Waals surface area contributed by atoms with E-state index in [4.69, 9.17) is 23.2 Å². The molecule has 1 amide bonds. The number of carbonyl (C=O) groups excluding carboxylic acids is 1. The van der Waals surface area contributed by atoms with Gasteiger partial charge in [-0.15, -0.1) is 0 Å². The Morgan fingerprint density at radius 1 is 1.09 bits per heavy atom. The Labute approximate surface area is 192 Å². The third-order valence-corrected chi connectivity index (χ3v) is 5.42. The largest absolute Gasteiger partial charge is 0.464 e. The fourth-order valence-corrected chi connectivity index (χ4v) is 3.93. The number of rotatable bonds is 4. The maximum absolute atomic E-state index is 12.2. The van der Waals surface area contributed by atoms with Gasteiger partial charge in [-0.25, -0.2) is 14.3 Å². The van der Waals surface area contributed by atoms with Gasteiger partial charge in [0.15, 0.2) is 0 Å². The van der Waals surface area contributed by atoms with Crippen molar-refractivity contribution in [2.45, 2.75) is 0 Å². The number of aromatic nitrogens is 4. The predicted molar refractivity (Wildman–Crippen MR) is 123 cm³/mol. The number of fused-ring (bicyclic) bond motifs is 1. The summed E-state index contributed by atoms with van der Waals surface area (Å²) in [5, 5.41) is 18.1. The minimum Gasteiger partial charge on any atom is -0.464 e. The molecule has 2 N–H and O–H groups in total. The van der Waals surface area contributed by atoms with E-state index in [1.807, 2.05) is 0 Å². The number of hydrogen-bond acceptors (Lipinski definition) is 5. The number of anilines is 2. The number of carboxylic acid groups (broad SMARTS) is 1. The van der Waals surface area contributed by atoms with Crippen molar-refractivity contribution >= 4 is 57.6 Å². The van der Waals surface area contributed by atoms with Gasteiger partial charge in [0.05, 0.1) is 33.1 Å². The van der Waals surface area contributed by atoms with Crippen molar-refractivity contribution in [1.29, 1.82) is 0 Å². The molecule has 4 rings (SSSR count). The Morgan fingerprint density at radius 2 is 1.78 bits per heavy atom. The second-order valence-corrected chi connectivity index (χ2v) is 8.13. The van der Waals surface area contributed by atoms with Gasteiger partial charge in [0.25, 0.3) is 5.91 Å². The Balaban J connectivity index is 1.76. The molecule has 0 bridgehead atoms. The first-order chi connectivity index (χ1) is 15.2. The van der Waals surface area contributed by atoms with Crippen molar-refractivity contribution < 1.29 is 14.7 Å². The average Bonchev–Trinajstić information content (AvgIpc) is 3.32. The summed E-state index contributed by atoms with van der Waals surface area (Å²) in [6, 6.07) is 6.35. The van der Waals surface area contributed by atoms with Crippen LogP contribution in [0.15, 0.2) is 42.9 Å². The highest BCUT2D eigenvalue weighted by atomic mass is 35.5. The molecule has 0 aliphatic heterocycles. The quantitative estimate of drug-likeness (QED) is 0.445. The topological polar surface area (TPSA) is 105 Å². The van der Waals surface area contributed by atoms with Crippen molar-refractivity contribution in [2.24, 2.45) is 7.05 Å². The van der Waals surface area contributed by atoms with Gasteiger partial charge in [0, 0.05) is 56.1 Å². The fourth-order valence-electron chi connectivity index (χ4n) is 3.34. The van der Waals surface area contributed by atoms with Gasteiger partial charge in [-0.1, -0.05) is 23.2 Å². The smallest absolute Gasteiger partial charge is 0.416 e. The summed E-state index contributed by atoms with van der Waals surface area (Å²) in [7, 11) is 5.02. The Kier molecular flexibility index (Phi) is 5.53. The Morgan fingerprint density at radius 3 is 2.34 bits per heavy atom. The summed E-state index contributed by atoms with van der Waals surface area (Å²) in [5.74, 6) is 0.105. The number of hydrogen-bond donors (Lipinski definition) is 2. The zero-order valence-electron chi connectivity index (χ0n) is 17.3. The minimum absolute atomic E-state index is 0.231. The van der Waals surface area contributed by atoms with E-state index < -0.39 is 6.09 Å². The van der Waals surface area contributed by atoms with Gasteiger partial charge in [0.1, 0.15) is 5.82 Å². The van der Waals surface area contributed by atoms with E-state index in [0.29, 0.717) is 39.2 Å². The van der Waals surface area contributed by atoms with Crippen molar-refractivity contribution in [2.75, 3.05) is 19.4 Å². The van der Waals surface area contributed by atoms with E-state index in [1.165, 1.54) is 21.6 Å². The summed E-state index contributed by atoms with van der Waals surface area (Å²) >= 11 is 12.7. The number of carbonyl (C=O) groups is 2. The number of halogens is 2. The van der Waals surface area contributed by atoms with Crippen LogP contribution in [-0.4, -0.2) is 55.4 Å². The molecule has 1 aromatic carbocycles. The third-order valence-electron chi connectivity index (χ3n) is 4.83. The first-order valence-electron chi connectivity index (χ1n) is 9.37. The van der Waals surface area contributed by atoms with Crippen LogP contribution in [0.2, 0.25) is 10.0 Å². The molecule has 0 saturated carbocycles. The molecule has 32 heavy (non-hydrogen) atoms. The Hall–Kier alpha value is -3.56. The molecule has 0 spiro atoms. The lowest BCUT2D eigenvalue weighted by molar-refractivity contribution is 0.0827. The first kappa shape index (κ1) is 21.7. The van der Waals surface area contributed by atoms with Gasteiger partial charge >= 0.3 is 6.09 Å². The number of pyridine rings is 1. The monoisotopic (exact) mass is 472 g/mol. The molecule has 0 radical (unpaired) electrons. The Bertz CT molecular complexity index is 1350. The normalized spacial score (nSPS) is 11.0. The molecule has 3 heterocycles. The van der Waals surface area contributed by atoms with Crippen LogP contribution < -0.4 is 5.32 Å². The van der Waals surface area contributed by atoms with E-state index >= 15 is 0 Å². The van der Waals surface area contributed by atoms with Crippen LogP contribution in [0, 0.1) is 0 Å². The van der Waals surface area contributed by atoms with E-state index in [1.54, 1.807) is 56.5 Å². The molecule has 0 fully saturated rings. The third kappa shape index (κ3) is 3.88. The zero-order chi connectivity index (χ0) is 23.2. The van der Waals surface area contributed by atoms with Crippen LogP contribution in [0.5, 0.6) is 0 Å². The van der Waals surface area contributed by atoms with Gasteiger partial charge in [-0.05, 0) is 18.2 Å². The van der Waals surface area contributed by atoms with Crippen LogP contribution in [0.4, 0.5) is 16.3 Å². The first-order valence-corrected chi connectivity index (χ1v) is 10.1. The van der Waals surface area contributed by atoms with Crippen LogP contribution in [-0.2, 0) is 7.05 Å². The van der Waals surface area contributed by atoms with Crippen molar-refractivity contribution in [3.63, 3.8) is 0 Å². The molecule has 0 aliphatic rings. The zero-order valence-corrected chi connectivity index (χ0v) is 18.8. The lowest BCUT2D eigenvalue weighted by Crippen LogP contribution is -2.21. The van der Waals surface area contributed by atoms with Gasteiger partial charge < -0.3 is 15.3 Å². The van der Waals surface area contributed by atoms with E-state index in [2.05, 4.69) is 15.4 Å². The molecular weight excluding hydrogens is 455 g/mol. The highest BCUT2D eigenvalue weighted by Gasteiger charge is 2.19. The average molecular weight is 473 g/mol. The van der Waals surface area contributed by atoms with Crippen molar-refractivity contribution in [3.05, 3.63) is 58.5 Å². The number of benzene rings is 1. The molecule has 0 atom stereocenters. The van der Waals surface area contributed by atoms with Gasteiger partial charge in [0.2, 0.25) is 0 Å². The summed E-state index contributed by atoms with van der Waals surface area (Å²) < 4.78 is 2.76. The lowest BCUT2D eigenvalue weighted by Gasteiger charge is -2.14. The maximum atomic E-state index is 12.2. The predicted octanol–water partition coefficient (Wildman–Crippen LogP) is 4.72. The number of amides is 1. The highest BCUT2D eigenvalue weighted by molar-refractivity contribution is 6.39. The minimum atomic E-state index is -1.14. The molecule has 9 nitrogen and oxygen atoms in total. The highest BCUT2D eigenvalue weighted by Crippen LogP contribution is 2.35. The summed E-state index contributed by atoms with van der Waals surface area (Å²) in [4.78, 5) is 30.0. The molecular formula is C21H18Cl2N6O3. The van der Waals surface area contributed by atoms with Crippen molar-refractivity contribution in [3.8, 4) is 11.3 Å². The summed E-state index contributed by atoms with van der Waals surface area (Å²) in [6.07, 6.45) is 3.74. The SMILES string of the molecule is CN(C)C(=O)c1cc(Cl)c(Nc2cc3c(cn2)cc(-c2cnn(C)c2)n3C(=O)O)c(Cl)c1. The molecule has 0 saturated heterocycles. The number of aryl methyl sites for hydroxylation is 1. The molecule has 0 aliphatic carbocycles. The standard InChI is InChI=1S/C21H18Cl2N6O3/c1-27(2)20(30)11-4-14(22)19(15(23)5-11)26-18-7-17-12(8-24-18)6-16(29(17)21(31)32)13-9-25-28(3)10-13/h4-10H,1-3H3,(H,24,26)(H,31,32). The van der Waals surface area contributed by atoms with E-state index in [-0.39, 0.29) is 16.0 Å². The van der Waals surface area contributed by atoms with E-state index in [9.17, 15) is 14.7 Å². The molecule has 164 valence electrons. The molecule has 11 heteroatoms. The van der Waals surface area contributed by atoms with Crippen LogP contribution in [0.3, 0.4) is 0 Å². The second kappa shape index (κ2) is 8.18. The molecule has 4 aromatic rings. The van der Waals surface area contributed by atoms with E-state index in [0.717, 1.165) is 0 Å². The maximum Gasteiger partial charge on any atom is 0.416 e. The van der Waals surface area contributed by atoms with Crippen LogP contribution in [0.1, 0.15) is 10.4 Å². The van der Waals surface area contributed by atoms with Crippen molar-refractivity contribution in [1.82, 2.24) is 24.2 Å². The van der Waals surface area contributed by atoms with Gasteiger partial charge in [-0.3, -0.25) is 9.48 Å². The number of nitrogens with one attached hydrogen (secondary N) is 1. The van der Waals surface area contributed by atoms with Gasteiger partial charge in [-0.2, -0.15) is 5.10 Å². The molecule has 0 unspecified atom stereocenters. The number of nitrogens with zero attached hydrogens (tertiary/aromatic N) is 5. The van der Waals surface area contributed by atoms with Crippen LogP contribution >= 0.6 is 23.2 Å². The summed E-state index contributed by atoms with van der Waals surface area (Å²) in [5.41, 5.74) is 2.27. The molecule has 3 aromatic heterocycles.